The molecule has 0 aromatic carbocycles. The van der Waals surface area contributed by atoms with E-state index in [1.165, 1.54) is 12.8 Å². The molecule has 3 N–H and O–H groups in total. The highest BCUT2D eigenvalue weighted by Crippen LogP contribution is 2.17. The van der Waals surface area contributed by atoms with Crippen LogP contribution < -0.4 is 11.1 Å². The van der Waals surface area contributed by atoms with E-state index in [-0.39, 0.29) is 11.3 Å². The third-order valence-electron chi connectivity index (χ3n) is 2.87. The van der Waals surface area contributed by atoms with Crippen molar-refractivity contribution in [2.75, 3.05) is 13.1 Å². The maximum absolute atomic E-state index is 11.7. The number of rotatable bonds is 8. The van der Waals surface area contributed by atoms with Crippen LogP contribution in [0.25, 0.3) is 0 Å². The first kappa shape index (κ1) is 16.4. The smallest absolute Gasteiger partial charge is 0.220 e. The largest absolute Gasteiger partial charge is 0.356 e. The molecule has 0 saturated heterocycles. The van der Waals surface area contributed by atoms with Crippen LogP contribution >= 0.6 is 0 Å². The third kappa shape index (κ3) is 10.3. The number of hydrogen-bond acceptors (Lipinski definition) is 2. The van der Waals surface area contributed by atoms with Crippen LogP contribution in [0.2, 0.25) is 0 Å². The summed E-state index contributed by atoms with van der Waals surface area (Å²) in [5.74, 6) is 0.795. The second-order valence-electron chi connectivity index (χ2n) is 6.11. The van der Waals surface area contributed by atoms with Gasteiger partial charge in [0.2, 0.25) is 5.91 Å². The summed E-state index contributed by atoms with van der Waals surface area (Å²) in [7, 11) is 0. The molecule has 3 nitrogen and oxygen atoms in total. The Bertz CT molecular complexity index is 203. The number of carbonyl (C=O) groups excluding carboxylic acids is 1. The van der Waals surface area contributed by atoms with Gasteiger partial charge in [0, 0.05) is 13.0 Å². The summed E-state index contributed by atoms with van der Waals surface area (Å²) in [5.41, 5.74) is 5.74. The highest BCUT2D eigenvalue weighted by atomic mass is 16.1. The van der Waals surface area contributed by atoms with E-state index in [0.717, 1.165) is 25.9 Å². The van der Waals surface area contributed by atoms with Crippen molar-refractivity contribution in [3.8, 4) is 0 Å². The fourth-order valence-corrected chi connectivity index (χ4v) is 1.86. The Morgan fingerprint density at radius 3 is 2.35 bits per heavy atom. The second kappa shape index (κ2) is 8.51. The number of nitrogens with two attached hydrogens (primary N) is 1. The average Bonchev–Trinajstić information content (AvgIpc) is 2.23. The highest BCUT2D eigenvalue weighted by Gasteiger charge is 2.13. The first-order valence-electron chi connectivity index (χ1n) is 6.85. The van der Waals surface area contributed by atoms with Gasteiger partial charge in [0.1, 0.15) is 0 Å². The Morgan fingerprint density at radius 1 is 1.24 bits per heavy atom. The first-order chi connectivity index (χ1) is 7.89. The minimum absolute atomic E-state index is 0.162. The molecule has 102 valence electrons. The molecule has 0 aromatic heterocycles. The Hall–Kier alpha value is -0.570. The maximum Gasteiger partial charge on any atom is 0.220 e. The van der Waals surface area contributed by atoms with Crippen LogP contribution in [0.4, 0.5) is 0 Å². The van der Waals surface area contributed by atoms with Gasteiger partial charge in [0.25, 0.3) is 0 Å². The molecule has 0 spiro atoms. The van der Waals surface area contributed by atoms with Crippen molar-refractivity contribution in [1.82, 2.24) is 5.32 Å². The van der Waals surface area contributed by atoms with Gasteiger partial charge in [-0.05, 0) is 30.7 Å². The van der Waals surface area contributed by atoms with Crippen molar-refractivity contribution >= 4 is 5.91 Å². The highest BCUT2D eigenvalue weighted by molar-refractivity contribution is 5.75. The third-order valence-corrected chi connectivity index (χ3v) is 2.87. The summed E-state index contributed by atoms with van der Waals surface area (Å²) in [6.07, 6.45) is 5.01. The normalized spacial score (nSPS) is 13.5. The van der Waals surface area contributed by atoms with Crippen LogP contribution in [0.15, 0.2) is 0 Å². The molecular formula is C14H30N2O. The molecule has 17 heavy (non-hydrogen) atoms. The van der Waals surface area contributed by atoms with E-state index in [1.54, 1.807) is 0 Å². The molecule has 0 aliphatic rings. The molecule has 0 aliphatic carbocycles. The summed E-state index contributed by atoms with van der Waals surface area (Å²) in [6, 6.07) is 0. The summed E-state index contributed by atoms with van der Waals surface area (Å²) in [5, 5.41) is 2.99. The van der Waals surface area contributed by atoms with E-state index >= 15 is 0 Å². The van der Waals surface area contributed by atoms with Gasteiger partial charge in [0.15, 0.2) is 0 Å². The molecule has 1 atom stereocenters. The number of hydrogen-bond donors (Lipinski definition) is 2. The molecule has 0 aromatic rings. The fraction of sp³-hybridized carbons (Fsp3) is 0.929. The van der Waals surface area contributed by atoms with Gasteiger partial charge in [-0.1, -0.05) is 40.5 Å². The topological polar surface area (TPSA) is 55.1 Å². The zero-order valence-electron chi connectivity index (χ0n) is 12.0. The van der Waals surface area contributed by atoms with E-state index in [1.807, 2.05) is 0 Å². The standard InChI is InChI=1S/C14H30N2O/c1-5-6-12(9-10-15)7-8-13(17)16-11-14(2,3)4/h12H,5-11,15H2,1-4H3,(H,16,17). The number of carbonyl (C=O) groups is 1. The van der Waals surface area contributed by atoms with Crippen molar-refractivity contribution in [3.05, 3.63) is 0 Å². The van der Waals surface area contributed by atoms with Crippen molar-refractivity contribution in [1.29, 1.82) is 0 Å². The van der Waals surface area contributed by atoms with Crippen LogP contribution in [0, 0.1) is 11.3 Å². The Kier molecular flexibility index (Phi) is 8.23. The number of nitrogens with one attached hydrogen (secondary N) is 1. The predicted octanol–water partition coefficient (Wildman–Crippen LogP) is 2.69. The van der Waals surface area contributed by atoms with Crippen LogP contribution in [0.1, 0.15) is 59.8 Å². The zero-order chi connectivity index (χ0) is 13.3. The first-order valence-corrected chi connectivity index (χ1v) is 6.85. The fourth-order valence-electron chi connectivity index (χ4n) is 1.86. The van der Waals surface area contributed by atoms with E-state index in [2.05, 4.69) is 33.0 Å². The summed E-state index contributed by atoms with van der Waals surface area (Å²) >= 11 is 0. The average molecular weight is 242 g/mol. The summed E-state index contributed by atoms with van der Waals surface area (Å²) in [6.45, 7) is 10.0. The maximum atomic E-state index is 11.7. The van der Waals surface area contributed by atoms with Gasteiger partial charge in [0.05, 0.1) is 0 Å². The van der Waals surface area contributed by atoms with E-state index in [0.29, 0.717) is 12.3 Å². The molecule has 0 heterocycles. The van der Waals surface area contributed by atoms with Crippen LogP contribution in [0.3, 0.4) is 0 Å². The monoisotopic (exact) mass is 242 g/mol. The van der Waals surface area contributed by atoms with Crippen molar-refractivity contribution in [2.24, 2.45) is 17.1 Å². The molecular weight excluding hydrogens is 212 g/mol. The van der Waals surface area contributed by atoms with Gasteiger partial charge < -0.3 is 11.1 Å². The molecule has 0 rings (SSSR count). The van der Waals surface area contributed by atoms with Crippen LogP contribution in [0.5, 0.6) is 0 Å². The van der Waals surface area contributed by atoms with Crippen molar-refractivity contribution < 1.29 is 4.79 Å². The Morgan fingerprint density at radius 2 is 1.88 bits per heavy atom. The van der Waals surface area contributed by atoms with Gasteiger partial charge >= 0.3 is 0 Å². The SMILES string of the molecule is CCCC(CCN)CCC(=O)NCC(C)(C)C. The molecule has 1 unspecified atom stereocenters. The quantitative estimate of drug-likeness (QED) is 0.687. The van der Waals surface area contributed by atoms with Gasteiger partial charge in [-0.15, -0.1) is 0 Å². The molecule has 0 radical (unpaired) electrons. The van der Waals surface area contributed by atoms with E-state index < -0.39 is 0 Å². The molecule has 0 fully saturated rings. The molecule has 1 amide bonds. The lowest BCUT2D eigenvalue weighted by Gasteiger charge is -2.19. The summed E-state index contributed by atoms with van der Waals surface area (Å²) < 4.78 is 0. The van der Waals surface area contributed by atoms with Crippen LogP contribution in [-0.4, -0.2) is 19.0 Å². The molecule has 0 aliphatic heterocycles. The lowest BCUT2D eigenvalue weighted by Crippen LogP contribution is -2.32. The minimum Gasteiger partial charge on any atom is -0.356 e. The molecule has 0 saturated carbocycles. The van der Waals surface area contributed by atoms with E-state index in [4.69, 9.17) is 5.73 Å². The van der Waals surface area contributed by atoms with Gasteiger partial charge in [-0.2, -0.15) is 0 Å². The van der Waals surface area contributed by atoms with Crippen molar-refractivity contribution in [2.45, 2.75) is 59.8 Å². The lowest BCUT2D eigenvalue weighted by molar-refractivity contribution is -0.121. The van der Waals surface area contributed by atoms with Crippen LogP contribution in [-0.2, 0) is 4.79 Å². The molecule has 0 bridgehead atoms. The molecule has 3 heteroatoms. The van der Waals surface area contributed by atoms with Gasteiger partial charge in [-0.3, -0.25) is 4.79 Å². The Balaban J connectivity index is 3.79. The van der Waals surface area contributed by atoms with Gasteiger partial charge in [-0.25, -0.2) is 0 Å². The predicted molar refractivity (Wildman–Crippen MR) is 73.8 cm³/mol. The second-order valence-corrected chi connectivity index (χ2v) is 6.11. The van der Waals surface area contributed by atoms with E-state index in [9.17, 15) is 4.79 Å². The minimum atomic E-state index is 0.162. The zero-order valence-corrected chi connectivity index (χ0v) is 12.0. The Labute approximate surface area is 107 Å². The summed E-state index contributed by atoms with van der Waals surface area (Å²) in [4.78, 5) is 11.7. The lowest BCUT2D eigenvalue weighted by atomic mass is 9.94. The number of amides is 1. The van der Waals surface area contributed by atoms with Crippen molar-refractivity contribution in [3.63, 3.8) is 0 Å².